The molecule has 1 saturated heterocycles. The summed E-state index contributed by atoms with van der Waals surface area (Å²) in [6.07, 6.45) is 6.78. The number of nitrogens with zero attached hydrogens (tertiary/aromatic N) is 1. The molecule has 5 fully saturated rings. The van der Waals surface area contributed by atoms with Gasteiger partial charge in [0, 0.05) is 19.6 Å². The first-order valence-electron chi connectivity index (χ1n) is 11.1. The van der Waals surface area contributed by atoms with Gasteiger partial charge in [-0.05, 0) is 74.0 Å². The molecule has 4 saturated carbocycles. The first-order chi connectivity index (χ1) is 14.0. The molecular formula is C23H32ClF2NO3. The van der Waals surface area contributed by atoms with Crippen molar-refractivity contribution in [2.75, 3.05) is 32.8 Å². The molecule has 1 heterocycles. The molecule has 1 aliphatic heterocycles. The number of hydrogen-bond donors (Lipinski definition) is 1. The van der Waals surface area contributed by atoms with Crippen LogP contribution < -0.4 is 0 Å². The molecule has 0 aromatic heterocycles. The van der Waals surface area contributed by atoms with Crippen molar-refractivity contribution in [2.24, 2.45) is 17.8 Å². The molecule has 6 rings (SSSR count). The Labute approximate surface area is 183 Å². The molecule has 30 heavy (non-hydrogen) atoms. The lowest BCUT2D eigenvalue weighted by Gasteiger charge is -2.56. The topological polar surface area (TPSA) is 41.9 Å². The SMILES string of the molecule is Cl.OC(COC12CC3CC(CC(C3)C1)C2)CN1CCOC(c2ccc(F)c(F)c2)C1. The van der Waals surface area contributed by atoms with Crippen molar-refractivity contribution in [3.05, 3.63) is 35.4 Å². The molecule has 0 spiro atoms. The third kappa shape index (κ3) is 4.68. The summed E-state index contributed by atoms with van der Waals surface area (Å²) in [5.74, 6) is 0.782. The van der Waals surface area contributed by atoms with Gasteiger partial charge in [0.1, 0.15) is 0 Å². The number of β-amino-alcohol motifs (C(OH)–C–C–N with tert-alkyl or cyclic N) is 1. The lowest BCUT2D eigenvalue weighted by Crippen LogP contribution is -2.53. The Hall–Kier alpha value is -0.790. The van der Waals surface area contributed by atoms with E-state index in [0.29, 0.717) is 38.4 Å². The predicted octanol–water partition coefficient (Wildman–Crippen LogP) is 4.11. The lowest BCUT2D eigenvalue weighted by atomic mass is 9.54. The molecular weight excluding hydrogens is 412 g/mol. The van der Waals surface area contributed by atoms with Crippen molar-refractivity contribution in [1.82, 2.24) is 4.90 Å². The van der Waals surface area contributed by atoms with Crippen molar-refractivity contribution < 1.29 is 23.4 Å². The fourth-order valence-corrected chi connectivity index (χ4v) is 6.61. The van der Waals surface area contributed by atoms with Gasteiger partial charge in [-0.2, -0.15) is 0 Å². The maximum atomic E-state index is 13.6. The molecule has 0 amide bonds. The van der Waals surface area contributed by atoms with Crippen LogP contribution in [0.3, 0.4) is 0 Å². The van der Waals surface area contributed by atoms with Crippen LogP contribution in [-0.2, 0) is 9.47 Å². The summed E-state index contributed by atoms with van der Waals surface area (Å²) >= 11 is 0. The fourth-order valence-electron chi connectivity index (χ4n) is 6.61. The second-order valence-corrected chi connectivity index (χ2v) is 9.86. The molecule has 4 bridgehead atoms. The number of halogens is 3. The Morgan fingerprint density at radius 1 is 1.10 bits per heavy atom. The van der Waals surface area contributed by atoms with Crippen LogP contribution in [-0.4, -0.2) is 54.6 Å². The molecule has 4 nitrogen and oxygen atoms in total. The van der Waals surface area contributed by atoms with Crippen LogP contribution in [0.25, 0.3) is 0 Å². The Bertz CT molecular complexity index is 714. The minimum atomic E-state index is -0.854. The molecule has 1 aromatic carbocycles. The van der Waals surface area contributed by atoms with Crippen molar-refractivity contribution in [1.29, 1.82) is 0 Å². The van der Waals surface area contributed by atoms with Gasteiger partial charge in [0.2, 0.25) is 0 Å². The van der Waals surface area contributed by atoms with Crippen LogP contribution in [0.1, 0.15) is 50.2 Å². The van der Waals surface area contributed by atoms with E-state index in [2.05, 4.69) is 4.90 Å². The minimum Gasteiger partial charge on any atom is -0.389 e. The van der Waals surface area contributed by atoms with Gasteiger partial charge in [0.05, 0.1) is 31.0 Å². The molecule has 1 aromatic rings. The molecule has 1 N–H and O–H groups in total. The maximum absolute atomic E-state index is 13.6. The summed E-state index contributed by atoms with van der Waals surface area (Å²) < 4.78 is 38.9. The number of rotatable bonds is 6. The highest BCUT2D eigenvalue weighted by Crippen LogP contribution is 2.57. The zero-order valence-electron chi connectivity index (χ0n) is 17.3. The molecule has 7 heteroatoms. The molecule has 5 aliphatic rings. The summed E-state index contributed by atoms with van der Waals surface area (Å²) in [4.78, 5) is 2.13. The normalized spacial score (nSPS) is 36.5. The third-order valence-electron chi connectivity index (χ3n) is 7.50. The number of aliphatic hydroxyl groups is 1. The van der Waals surface area contributed by atoms with E-state index >= 15 is 0 Å². The second-order valence-electron chi connectivity index (χ2n) is 9.86. The van der Waals surface area contributed by atoms with Gasteiger partial charge in [0.25, 0.3) is 0 Å². The molecule has 4 aliphatic carbocycles. The van der Waals surface area contributed by atoms with E-state index < -0.39 is 17.7 Å². The zero-order valence-corrected chi connectivity index (χ0v) is 18.1. The van der Waals surface area contributed by atoms with Gasteiger partial charge in [-0.1, -0.05) is 6.07 Å². The predicted molar refractivity (Wildman–Crippen MR) is 112 cm³/mol. The number of ether oxygens (including phenoxy) is 2. The first kappa shape index (κ1) is 22.4. The summed E-state index contributed by atoms with van der Waals surface area (Å²) in [5, 5.41) is 10.6. The standard InChI is InChI=1S/C23H31F2NO3.ClH/c24-20-2-1-18(8-21(20)25)22-13-26(3-4-28-22)12-19(27)14-29-23-9-15-5-16(10-23)7-17(6-15)11-23;/h1-2,8,15-17,19,22,27H,3-7,9-14H2;1H. The van der Waals surface area contributed by atoms with Crippen molar-refractivity contribution in [3.8, 4) is 0 Å². The Morgan fingerprint density at radius 3 is 2.40 bits per heavy atom. The van der Waals surface area contributed by atoms with Gasteiger partial charge in [0.15, 0.2) is 11.6 Å². The van der Waals surface area contributed by atoms with E-state index in [1.807, 2.05) is 0 Å². The van der Waals surface area contributed by atoms with Crippen LogP contribution >= 0.6 is 12.4 Å². The van der Waals surface area contributed by atoms with E-state index in [4.69, 9.17) is 9.47 Å². The number of hydrogen-bond acceptors (Lipinski definition) is 4. The zero-order chi connectivity index (χ0) is 20.0. The van der Waals surface area contributed by atoms with Gasteiger partial charge in [-0.3, -0.25) is 4.90 Å². The van der Waals surface area contributed by atoms with E-state index in [0.717, 1.165) is 23.8 Å². The van der Waals surface area contributed by atoms with Crippen molar-refractivity contribution in [2.45, 2.75) is 56.3 Å². The summed E-state index contributed by atoms with van der Waals surface area (Å²) in [6.45, 7) is 2.66. The van der Waals surface area contributed by atoms with E-state index in [1.54, 1.807) is 6.07 Å². The van der Waals surface area contributed by atoms with E-state index in [-0.39, 0.29) is 24.1 Å². The van der Waals surface area contributed by atoms with Crippen molar-refractivity contribution in [3.63, 3.8) is 0 Å². The largest absolute Gasteiger partial charge is 0.389 e. The van der Waals surface area contributed by atoms with Gasteiger partial charge in [-0.15, -0.1) is 12.4 Å². The highest BCUT2D eigenvalue weighted by Gasteiger charge is 2.51. The summed E-state index contributed by atoms with van der Waals surface area (Å²) in [6, 6.07) is 3.91. The number of morpholine rings is 1. The second kappa shape index (κ2) is 8.99. The van der Waals surface area contributed by atoms with Gasteiger partial charge in [-0.25, -0.2) is 8.78 Å². The first-order valence-corrected chi connectivity index (χ1v) is 11.1. The van der Waals surface area contributed by atoms with Crippen molar-refractivity contribution >= 4 is 12.4 Å². The number of aliphatic hydroxyl groups excluding tert-OH is 1. The molecule has 2 atom stereocenters. The monoisotopic (exact) mass is 443 g/mol. The van der Waals surface area contributed by atoms with E-state index in [9.17, 15) is 13.9 Å². The van der Waals surface area contributed by atoms with E-state index in [1.165, 1.54) is 44.6 Å². The smallest absolute Gasteiger partial charge is 0.159 e. The van der Waals surface area contributed by atoms with Crippen LogP contribution in [0, 0.1) is 29.4 Å². The van der Waals surface area contributed by atoms with Gasteiger partial charge >= 0.3 is 0 Å². The Balaban J connectivity index is 0.00000218. The van der Waals surface area contributed by atoms with Crippen LogP contribution in [0.4, 0.5) is 8.78 Å². The average molecular weight is 444 g/mol. The highest BCUT2D eigenvalue weighted by atomic mass is 35.5. The van der Waals surface area contributed by atoms with Crippen LogP contribution in [0.15, 0.2) is 18.2 Å². The van der Waals surface area contributed by atoms with Gasteiger partial charge < -0.3 is 14.6 Å². The van der Waals surface area contributed by atoms with Crippen LogP contribution in [0.2, 0.25) is 0 Å². The lowest BCUT2D eigenvalue weighted by molar-refractivity contribution is -0.177. The molecule has 168 valence electrons. The quantitative estimate of drug-likeness (QED) is 0.718. The Morgan fingerprint density at radius 2 is 1.77 bits per heavy atom. The summed E-state index contributed by atoms with van der Waals surface area (Å²) in [5.41, 5.74) is 0.641. The average Bonchev–Trinajstić information content (AvgIpc) is 2.68. The molecule has 2 unspecified atom stereocenters. The fraction of sp³-hybridized carbons (Fsp3) is 0.739. The molecule has 0 radical (unpaired) electrons. The third-order valence-corrected chi connectivity index (χ3v) is 7.50. The minimum absolute atomic E-state index is 0. The summed E-state index contributed by atoms with van der Waals surface area (Å²) in [7, 11) is 0. The van der Waals surface area contributed by atoms with Crippen LogP contribution in [0.5, 0.6) is 0 Å². The highest BCUT2D eigenvalue weighted by molar-refractivity contribution is 5.85. The maximum Gasteiger partial charge on any atom is 0.159 e. The Kier molecular flexibility index (Phi) is 6.71. The number of benzene rings is 1.